The van der Waals surface area contributed by atoms with Crippen LogP contribution in [0.4, 0.5) is 5.69 Å². The number of benzene rings is 1. The lowest BCUT2D eigenvalue weighted by Crippen LogP contribution is -2.43. The first-order valence-electron chi connectivity index (χ1n) is 8.41. The highest BCUT2D eigenvalue weighted by atomic mass is 35.5. The van der Waals surface area contributed by atoms with E-state index in [2.05, 4.69) is 5.32 Å². The third kappa shape index (κ3) is 4.62. The first-order valence-corrected chi connectivity index (χ1v) is 8.79. The lowest BCUT2D eigenvalue weighted by atomic mass is 10.0. The van der Waals surface area contributed by atoms with E-state index in [4.69, 9.17) is 25.8 Å². The molecule has 1 amide bonds. The van der Waals surface area contributed by atoms with Gasteiger partial charge in [0.05, 0.1) is 11.6 Å². The van der Waals surface area contributed by atoms with Crippen molar-refractivity contribution < 1.29 is 19.0 Å². The Balaban J connectivity index is 2.04. The van der Waals surface area contributed by atoms with Gasteiger partial charge in [0, 0.05) is 19.4 Å². The Morgan fingerprint density at radius 1 is 1.38 bits per heavy atom. The minimum atomic E-state index is -0.705. The fourth-order valence-electron chi connectivity index (χ4n) is 3.06. The van der Waals surface area contributed by atoms with Crippen LogP contribution >= 0.6 is 11.6 Å². The second kappa shape index (κ2) is 8.70. The van der Waals surface area contributed by atoms with Crippen LogP contribution in [0.1, 0.15) is 39.5 Å². The van der Waals surface area contributed by atoms with E-state index in [1.165, 1.54) is 0 Å². The molecule has 1 aliphatic rings. The van der Waals surface area contributed by atoms with Gasteiger partial charge < -0.3 is 19.5 Å². The van der Waals surface area contributed by atoms with Crippen molar-refractivity contribution >= 4 is 23.2 Å². The molecule has 1 atom stereocenters. The van der Waals surface area contributed by atoms with Crippen LogP contribution < -0.4 is 10.1 Å². The number of rotatable bonds is 8. The quantitative estimate of drug-likeness (QED) is 0.764. The Morgan fingerprint density at radius 2 is 2.08 bits per heavy atom. The predicted octanol–water partition coefficient (Wildman–Crippen LogP) is 4.04. The summed E-state index contributed by atoms with van der Waals surface area (Å²) >= 11 is 6.26. The third-order valence-corrected chi connectivity index (χ3v) is 4.46. The van der Waals surface area contributed by atoms with E-state index in [0.29, 0.717) is 29.7 Å². The van der Waals surface area contributed by atoms with Crippen molar-refractivity contribution in [2.75, 3.05) is 25.6 Å². The van der Waals surface area contributed by atoms with Gasteiger partial charge in [0.15, 0.2) is 0 Å². The van der Waals surface area contributed by atoms with E-state index in [9.17, 15) is 4.79 Å². The van der Waals surface area contributed by atoms with Gasteiger partial charge in [0.2, 0.25) is 0 Å². The number of methoxy groups -OCH3 is 1. The molecule has 6 heteroatoms. The van der Waals surface area contributed by atoms with Gasteiger partial charge in [-0.05, 0) is 57.7 Å². The molecule has 0 aromatic heterocycles. The molecule has 0 bridgehead atoms. The summed E-state index contributed by atoms with van der Waals surface area (Å²) in [4.78, 5) is 12.7. The van der Waals surface area contributed by atoms with Crippen LogP contribution in [-0.4, -0.2) is 37.9 Å². The standard InChI is InChI=1S/C18H26ClNO4/c1-4-23-18(9-5-6-10-18)17(21)20-14-7-8-16(15(19)11-14)24-13(2)12-22-3/h7-8,11,13H,4-6,9-10,12H2,1-3H3,(H,20,21)/t13-/m1/s1. The zero-order valence-corrected chi connectivity index (χ0v) is 15.3. The van der Waals surface area contributed by atoms with Crippen molar-refractivity contribution in [1.82, 2.24) is 0 Å². The minimum Gasteiger partial charge on any atom is -0.487 e. The van der Waals surface area contributed by atoms with E-state index in [-0.39, 0.29) is 12.0 Å². The van der Waals surface area contributed by atoms with Gasteiger partial charge in [0.1, 0.15) is 17.5 Å². The molecule has 0 unspecified atom stereocenters. The van der Waals surface area contributed by atoms with Gasteiger partial charge in [-0.15, -0.1) is 0 Å². The summed E-state index contributed by atoms with van der Waals surface area (Å²) in [6.07, 6.45) is 3.44. The molecule has 1 N–H and O–H groups in total. The van der Waals surface area contributed by atoms with Gasteiger partial charge in [0.25, 0.3) is 5.91 Å². The molecule has 134 valence electrons. The number of hydrogen-bond donors (Lipinski definition) is 1. The summed E-state index contributed by atoms with van der Waals surface area (Å²) in [5.74, 6) is 0.471. The Labute approximate surface area is 148 Å². The van der Waals surface area contributed by atoms with Crippen LogP contribution in [0.3, 0.4) is 0 Å². The third-order valence-electron chi connectivity index (χ3n) is 4.16. The number of nitrogens with one attached hydrogen (secondary N) is 1. The Morgan fingerprint density at radius 3 is 2.67 bits per heavy atom. The molecule has 0 saturated heterocycles. The lowest BCUT2D eigenvalue weighted by Gasteiger charge is -2.27. The second-order valence-corrected chi connectivity index (χ2v) is 6.52. The predicted molar refractivity (Wildman–Crippen MR) is 94.9 cm³/mol. The molecule has 0 heterocycles. The highest BCUT2D eigenvalue weighted by Gasteiger charge is 2.42. The summed E-state index contributed by atoms with van der Waals surface area (Å²) in [6, 6.07) is 5.24. The monoisotopic (exact) mass is 355 g/mol. The summed E-state index contributed by atoms with van der Waals surface area (Å²) in [5, 5.41) is 3.38. The number of amides is 1. The number of halogens is 1. The number of hydrogen-bond acceptors (Lipinski definition) is 4. The van der Waals surface area contributed by atoms with Crippen LogP contribution in [-0.2, 0) is 14.3 Å². The van der Waals surface area contributed by atoms with Crippen LogP contribution in [0, 0.1) is 0 Å². The molecule has 5 nitrogen and oxygen atoms in total. The first-order chi connectivity index (χ1) is 11.5. The zero-order chi connectivity index (χ0) is 17.6. The molecule has 1 aliphatic carbocycles. The lowest BCUT2D eigenvalue weighted by molar-refractivity contribution is -0.140. The molecular formula is C18H26ClNO4. The van der Waals surface area contributed by atoms with E-state index in [1.54, 1.807) is 25.3 Å². The summed E-state index contributed by atoms with van der Waals surface area (Å²) in [5.41, 5.74) is -0.0636. The fraction of sp³-hybridized carbons (Fsp3) is 0.611. The molecule has 0 aliphatic heterocycles. The maximum atomic E-state index is 12.7. The minimum absolute atomic E-state index is 0.0978. The highest BCUT2D eigenvalue weighted by Crippen LogP contribution is 2.35. The molecule has 1 aromatic rings. The van der Waals surface area contributed by atoms with E-state index in [0.717, 1.165) is 25.7 Å². The Hall–Kier alpha value is -1.30. The summed E-state index contributed by atoms with van der Waals surface area (Å²) in [7, 11) is 1.62. The maximum absolute atomic E-state index is 12.7. The van der Waals surface area contributed by atoms with Crippen molar-refractivity contribution in [3.63, 3.8) is 0 Å². The molecule has 0 spiro atoms. The van der Waals surface area contributed by atoms with Crippen LogP contribution in [0.2, 0.25) is 5.02 Å². The van der Waals surface area contributed by atoms with Crippen molar-refractivity contribution in [1.29, 1.82) is 0 Å². The summed E-state index contributed by atoms with van der Waals surface area (Å²) < 4.78 is 16.5. The van der Waals surface area contributed by atoms with Gasteiger partial charge >= 0.3 is 0 Å². The van der Waals surface area contributed by atoms with Crippen molar-refractivity contribution in [2.24, 2.45) is 0 Å². The number of ether oxygens (including phenoxy) is 3. The summed E-state index contributed by atoms with van der Waals surface area (Å²) in [6.45, 7) is 4.82. The van der Waals surface area contributed by atoms with Crippen molar-refractivity contribution in [2.45, 2.75) is 51.2 Å². The maximum Gasteiger partial charge on any atom is 0.256 e. The Bertz CT molecular complexity index is 558. The molecule has 1 fully saturated rings. The van der Waals surface area contributed by atoms with Crippen molar-refractivity contribution in [3.05, 3.63) is 23.2 Å². The normalized spacial score (nSPS) is 17.5. The van der Waals surface area contributed by atoms with Crippen LogP contribution in [0.15, 0.2) is 18.2 Å². The largest absolute Gasteiger partial charge is 0.487 e. The highest BCUT2D eigenvalue weighted by molar-refractivity contribution is 6.32. The zero-order valence-electron chi connectivity index (χ0n) is 14.6. The SMILES string of the molecule is CCOC1(C(=O)Nc2ccc(O[C@H](C)COC)c(Cl)c2)CCCC1. The molecular weight excluding hydrogens is 330 g/mol. The van der Waals surface area contributed by atoms with Crippen molar-refractivity contribution in [3.8, 4) is 5.75 Å². The molecule has 0 radical (unpaired) electrons. The van der Waals surface area contributed by atoms with Gasteiger partial charge in [-0.25, -0.2) is 0 Å². The van der Waals surface area contributed by atoms with Crippen LogP contribution in [0.5, 0.6) is 5.75 Å². The van der Waals surface area contributed by atoms with Gasteiger partial charge in [-0.1, -0.05) is 11.6 Å². The van der Waals surface area contributed by atoms with E-state index < -0.39 is 5.60 Å². The molecule has 1 saturated carbocycles. The number of carbonyl (C=O) groups is 1. The average molecular weight is 356 g/mol. The van der Waals surface area contributed by atoms with E-state index >= 15 is 0 Å². The van der Waals surface area contributed by atoms with Gasteiger partial charge in [-0.2, -0.15) is 0 Å². The second-order valence-electron chi connectivity index (χ2n) is 6.12. The fourth-order valence-corrected chi connectivity index (χ4v) is 3.29. The number of anilines is 1. The van der Waals surface area contributed by atoms with E-state index in [1.807, 2.05) is 13.8 Å². The smallest absolute Gasteiger partial charge is 0.256 e. The topological polar surface area (TPSA) is 56.8 Å². The van der Waals surface area contributed by atoms with Gasteiger partial charge in [-0.3, -0.25) is 4.79 Å². The molecule has 1 aromatic carbocycles. The molecule has 2 rings (SSSR count). The average Bonchev–Trinajstić information content (AvgIpc) is 3.00. The van der Waals surface area contributed by atoms with Crippen LogP contribution in [0.25, 0.3) is 0 Å². The molecule has 24 heavy (non-hydrogen) atoms. The Kier molecular flexibility index (Phi) is 6.90. The number of carbonyl (C=O) groups excluding carboxylic acids is 1. The first kappa shape index (κ1) is 19.0.